The average Bonchev–Trinajstić information content (AvgIpc) is 2.74. The van der Waals surface area contributed by atoms with Crippen molar-refractivity contribution in [1.82, 2.24) is 9.97 Å². The highest BCUT2D eigenvalue weighted by Crippen LogP contribution is 2.27. The average molecular weight is 380 g/mol. The highest BCUT2D eigenvalue weighted by Gasteiger charge is 2.05. The van der Waals surface area contributed by atoms with Crippen LogP contribution in [-0.4, -0.2) is 37.8 Å². The summed E-state index contributed by atoms with van der Waals surface area (Å²) in [7, 11) is 4.90. The number of nitrogens with zero attached hydrogens (tertiary/aromatic N) is 2. The van der Waals surface area contributed by atoms with Crippen molar-refractivity contribution in [3.8, 4) is 17.2 Å². The van der Waals surface area contributed by atoms with Gasteiger partial charge >= 0.3 is 0 Å². The number of rotatable bonds is 9. The third kappa shape index (κ3) is 5.03. The normalized spacial score (nSPS) is 10.2. The highest BCUT2D eigenvalue weighted by molar-refractivity contribution is 5.58. The molecule has 0 saturated heterocycles. The first-order valence-corrected chi connectivity index (χ1v) is 8.90. The molecule has 0 amide bonds. The summed E-state index contributed by atoms with van der Waals surface area (Å²) >= 11 is 0. The molecule has 0 radical (unpaired) electrons. The van der Waals surface area contributed by atoms with Crippen molar-refractivity contribution in [2.75, 3.05) is 38.5 Å². The van der Waals surface area contributed by atoms with Crippen LogP contribution >= 0.6 is 0 Å². The van der Waals surface area contributed by atoms with Crippen molar-refractivity contribution < 1.29 is 14.2 Å². The lowest BCUT2D eigenvalue weighted by molar-refractivity contribution is 0.354. The van der Waals surface area contributed by atoms with Crippen molar-refractivity contribution in [3.63, 3.8) is 0 Å². The van der Waals surface area contributed by atoms with E-state index in [-0.39, 0.29) is 0 Å². The van der Waals surface area contributed by atoms with Gasteiger partial charge in [0.15, 0.2) is 11.5 Å². The predicted molar refractivity (Wildman–Crippen MR) is 110 cm³/mol. The van der Waals surface area contributed by atoms with Gasteiger partial charge in [-0.1, -0.05) is 12.1 Å². The van der Waals surface area contributed by atoms with E-state index in [2.05, 4.69) is 20.6 Å². The lowest BCUT2D eigenvalue weighted by Crippen LogP contribution is -2.09. The fourth-order valence-corrected chi connectivity index (χ4v) is 2.72. The van der Waals surface area contributed by atoms with Gasteiger partial charge in [-0.25, -0.2) is 4.98 Å². The second kappa shape index (κ2) is 9.45. The molecule has 0 bridgehead atoms. The van der Waals surface area contributed by atoms with Crippen LogP contribution in [0.3, 0.4) is 0 Å². The van der Waals surface area contributed by atoms with Gasteiger partial charge in [0.25, 0.3) is 0 Å². The summed E-state index contributed by atoms with van der Waals surface area (Å²) in [6.07, 6.45) is 2.52. The van der Waals surface area contributed by atoms with Gasteiger partial charge in [-0.15, -0.1) is 0 Å². The minimum absolute atomic E-state index is 0.563. The van der Waals surface area contributed by atoms with Gasteiger partial charge in [0, 0.05) is 24.5 Å². The van der Waals surface area contributed by atoms with E-state index in [1.54, 1.807) is 27.5 Å². The molecular formula is C21H24N4O3. The molecule has 0 fully saturated rings. The Labute approximate surface area is 164 Å². The van der Waals surface area contributed by atoms with Crippen LogP contribution in [-0.2, 0) is 6.42 Å². The second-order valence-electron chi connectivity index (χ2n) is 5.99. The number of hydrogen-bond donors (Lipinski definition) is 2. The van der Waals surface area contributed by atoms with E-state index in [1.165, 1.54) is 0 Å². The summed E-state index contributed by atoms with van der Waals surface area (Å²) in [6.45, 7) is 0.693. The fourth-order valence-electron chi connectivity index (χ4n) is 2.72. The molecule has 28 heavy (non-hydrogen) atoms. The van der Waals surface area contributed by atoms with Crippen LogP contribution in [0.25, 0.3) is 0 Å². The van der Waals surface area contributed by atoms with Gasteiger partial charge in [-0.05, 0) is 42.3 Å². The van der Waals surface area contributed by atoms with Crippen LogP contribution in [0, 0.1) is 0 Å². The van der Waals surface area contributed by atoms with Gasteiger partial charge in [-0.3, -0.25) is 0 Å². The van der Waals surface area contributed by atoms with Gasteiger partial charge in [0.1, 0.15) is 11.6 Å². The minimum atomic E-state index is 0.563. The maximum absolute atomic E-state index is 5.34. The zero-order chi connectivity index (χ0) is 19.8. The first-order chi connectivity index (χ1) is 13.7. The number of nitrogens with one attached hydrogen (secondary N) is 2. The Kier molecular flexibility index (Phi) is 6.51. The lowest BCUT2D eigenvalue weighted by atomic mass is 10.1. The summed E-state index contributed by atoms with van der Waals surface area (Å²) in [6, 6.07) is 15.4. The Morgan fingerprint density at radius 3 is 2.54 bits per heavy atom. The Bertz CT molecular complexity index is 918. The number of methoxy groups -OCH3 is 3. The van der Waals surface area contributed by atoms with E-state index < -0.39 is 0 Å². The van der Waals surface area contributed by atoms with Gasteiger partial charge < -0.3 is 24.8 Å². The third-order valence-electron chi connectivity index (χ3n) is 4.14. The third-order valence-corrected chi connectivity index (χ3v) is 4.14. The van der Waals surface area contributed by atoms with Crippen LogP contribution in [0.1, 0.15) is 5.56 Å². The summed E-state index contributed by atoms with van der Waals surface area (Å²) in [5.74, 6) is 3.50. The molecule has 3 aromatic rings. The molecule has 2 aromatic carbocycles. The molecule has 0 aliphatic rings. The Balaban J connectivity index is 1.59. The van der Waals surface area contributed by atoms with Crippen LogP contribution < -0.4 is 24.8 Å². The molecule has 3 rings (SSSR count). The smallest absolute Gasteiger partial charge is 0.224 e. The second-order valence-corrected chi connectivity index (χ2v) is 5.99. The monoisotopic (exact) mass is 380 g/mol. The van der Waals surface area contributed by atoms with Crippen LogP contribution in [0.5, 0.6) is 17.2 Å². The summed E-state index contributed by atoms with van der Waals surface area (Å²) < 4.78 is 15.8. The van der Waals surface area contributed by atoms with E-state index in [4.69, 9.17) is 14.2 Å². The molecule has 0 aliphatic heterocycles. The van der Waals surface area contributed by atoms with Crippen molar-refractivity contribution in [3.05, 3.63) is 60.3 Å². The van der Waals surface area contributed by atoms with Crippen molar-refractivity contribution in [1.29, 1.82) is 0 Å². The number of ether oxygens (including phenoxy) is 3. The highest BCUT2D eigenvalue weighted by atomic mass is 16.5. The van der Waals surface area contributed by atoms with Gasteiger partial charge in [0.2, 0.25) is 5.95 Å². The van der Waals surface area contributed by atoms with E-state index in [0.717, 1.165) is 34.9 Å². The zero-order valence-corrected chi connectivity index (χ0v) is 16.2. The molecule has 1 heterocycles. The number of hydrogen-bond acceptors (Lipinski definition) is 7. The molecule has 0 unspecified atom stereocenters. The van der Waals surface area contributed by atoms with Gasteiger partial charge in [-0.2, -0.15) is 4.98 Å². The number of aromatic nitrogens is 2. The first-order valence-electron chi connectivity index (χ1n) is 8.90. The molecular weight excluding hydrogens is 356 g/mol. The molecule has 2 N–H and O–H groups in total. The summed E-state index contributed by atoms with van der Waals surface area (Å²) in [5.41, 5.74) is 2.03. The topological polar surface area (TPSA) is 77.5 Å². The van der Waals surface area contributed by atoms with Crippen LogP contribution in [0.4, 0.5) is 17.5 Å². The van der Waals surface area contributed by atoms with Crippen molar-refractivity contribution >= 4 is 17.5 Å². The summed E-state index contributed by atoms with van der Waals surface area (Å²) in [5, 5.41) is 6.50. The van der Waals surface area contributed by atoms with E-state index in [1.807, 2.05) is 48.5 Å². The SMILES string of the molecule is COc1cccc(Nc2ccnc(NCCc3ccc(OC)c(OC)c3)n2)c1. The van der Waals surface area contributed by atoms with Crippen molar-refractivity contribution in [2.45, 2.75) is 6.42 Å². The standard InChI is InChI=1S/C21H24N4O3/c1-26-17-6-4-5-16(14-17)24-20-10-12-23-21(25-20)22-11-9-15-7-8-18(27-2)19(13-15)28-3/h4-8,10,12-14H,9,11H2,1-3H3,(H2,22,23,24,25). The fraction of sp³-hybridized carbons (Fsp3) is 0.238. The van der Waals surface area contributed by atoms with E-state index in [9.17, 15) is 0 Å². The van der Waals surface area contributed by atoms with Crippen molar-refractivity contribution in [2.24, 2.45) is 0 Å². The quantitative estimate of drug-likeness (QED) is 0.583. The molecule has 0 saturated carbocycles. The minimum Gasteiger partial charge on any atom is -0.497 e. The van der Waals surface area contributed by atoms with E-state index >= 15 is 0 Å². The molecule has 0 spiro atoms. The molecule has 7 heteroatoms. The molecule has 0 aliphatic carbocycles. The largest absolute Gasteiger partial charge is 0.497 e. The first kappa shape index (κ1) is 19.3. The Hall–Kier alpha value is -3.48. The molecule has 7 nitrogen and oxygen atoms in total. The molecule has 1 aromatic heterocycles. The molecule has 0 atom stereocenters. The lowest BCUT2D eigenvalue weighted by Gasteiger charge is -2.11. The Morgan fingerprint density at radius 1 is 0.893 bits per heavy atom. The van der Waals surface area contributed by atoms with Crippen LogP contribution in [0.2, 0.25) is 0 Å². The predicted octanol–water partition coefficient (Wildman–Crippen LogP) is 3.90. The number of anilines is 3. The maximum atomic E-state index is 5.34. The van der Waals surface area contributed by atoms with Crippen LogP contribution in [0.15, 0.2) is 54.7 Å². The zero-order valence-electron chi connectivity index (χ0n) is 16.2. The number of benzene rings is 2. The Morgan fingerprint density at radius 2 is 1.75 bits per heavy atom. The van der Waals surface area contributed by atoms with E-state index in [0.29, 0.717) is 18.3 Å². The maximum Gasteiger partial charge on any atom is 0.224 e. The van der Waals surface area contributed by atoms with Gasteiger partial charge in [0.05, 0.1) is 21.3 Å². The molecule has 146 valence electrons. The summed E-state index contributed by atoms with van der Waals surface area (Å²) in [4.78, 5) is 8.77.